The summed E-state index contributed by atoms with van der Waals surface area (Å²) in [6, 6.07) is 13.2. The molecule has 0 atom stereocenters. The van der Waals surface area contributed by atoms with Crippen LogP contribution in [-0.2, 0) is 0 Å². The minimum Gasteiger partial charge on any atom is -0.323 e. The summed E-state index contributed by atoms with van der Waals surface area (Å²) in [5, 5.41) is 1.38. The van der Waals surface area contributed by atoms with Crippen LogP contribution in [0.4, 0.5) is 5.69 Å². The average Bonchev–Trinajstić information content (AvgIpc) is 2.34. The highest BCUT2D eigenvalue weighted by atomic mass is 35.5. The van der Waals surface area contributed by atoms with Gasteiger partial charge in [0.25, 0.3) is 0 Å². The van der Waals surface area contributed by atoms with Gasteiger partial charge in [0.05, 0.1) is 5.69 Å². The van der Waals surface area contributed by atoms with Gasteiger partial charge in [-0.05, 0) is 42.5 Å². The van der Waals surface area contributed by atoms with E-state index in [1.807, 2.05) is 36.4 Å². The highest BCUT2D eigenvalue weighted by Crippen LogP contribution is 2.35. The largest absolute Gasteiger partial charge is 0.323 e. The third kappa shape index (κ3) is 3.97. The summed E-state index contributed by atoms with van der Waals surface area (Å²) in [6.07, 6.45) is 0. The molecule has 6 heteroatoms. The topological polar surface area (TPSA) is 38.0 Å². The van der Waals surface area contributed by atoms with Crippen LogP contribution in [-0.4, -0.2) is 0 Å². The van der Waals surface area contributed by atoms with E-state index in [-0.39, 0.29) is 12.4 Å². The average molecular weight is 322 g/mol. The van der Waals surface area contributed by atoms with Crippen molar-refractivity contribution < 1.29 is 0 Å². The van der Waals surface area contributed by atoms with Crippen LogP contribution in [0.2, 0.25) is 10.0 Å². The van der Waals surface area contributed by atoms with Crippen LogP contribution in [0, 0.1) is 0 Å². The standard InChI is InChI=1S/C12H10Cl2N2S.ClH/c13-8-1-4-10(5-2-8)17-12-6-3-9(14)7-11(12)16-15;/h1-7,16H,15H2;1H. The molecule has 2 rings (SSSR count). The van der Waals surface area contributed by atoms with Crippen molar-refractivity contribution in [2.24, 2.45) is 5.84 Å². The molecular weight excluding hydrogens is 311 g/mol. The molecule has 0 bridgehead atoms. The Hall–Kier alpha value is -0.580. The lowest BCUT2D eigenvalue weighted by Gasteiger charge is -2.08. The Balaban J connectivity index is 0.00000162. The Morgan fingerprint density at radius 1 is 0.944 bits per heavy atom. The van der Waals surface area contributed by atoms with Crippen molar-refractivity contribution in [2.45, 2.75) is 9.79 Å². The van der Waals surface area contributed by atoms with Gasteiger partial charge in [-0.1, -0.05) is 35.0 Å². The third-order valence-electron chi connectivity index (χ3n) is 2.14. The molecule has 0 heterocycles. The second kappa shape index (κ2) is 7.12. The van der Waals surface area contributed by atoms with Crippen LogP contribution < -0.4 is 11.3 Å². The predicted molar refractivity (Wildman–Crippen MR) is 82.1 cm³/mol. The van der Waals surface area contributed by atoms with Crippen molar-refractivity contribution in [3.8, 4) is 0 Å². The van der Waals surface area contributed by atoms with Crippen molar-refractivity contribution in [1.29, 1.82) is 0 Å². The zero-order chi connectivity index (χ0) is 12.3. The van der Waals surface area contributed by atoms with E-state index in [9.17, 15) is 0 Å². The third-order valence-corrected chi connectivity index (χ3v) is 3.71. The first kappa shape index (κ1) is 15.5. The second-order valence-electron chi connectivity index (χ2n) is 3.34. The summed E-state index contributed by atoms with van der Waals surface area (Å²) in [4.78, 5) is 2.10. The molecule has 0 aliphatic carbocycles. The van der Waals surface area contributed by atoms with Gasteiger partial charge in [-0.15, -0.1) is 12.4 Å². The Morgan fingerprint density at radius 3 is 2.17 bits per heavy atom. The van der Waals surface area contributed by atoms with Gasteiger partial charge in [0.2, 0.25) is 0 Å². The first-order chi connectivity index (χ1) is 8.19. The number of halogens is 3. The van der Waals surface area contributed by atoms with E-state index < -0.39 is 0 Å². The molecule has 2 aromatic carbocycles. The van der Waals surface area contributed by atoms with Crippen LogP contribution >= 0.6 is 47.4 Å². The molecule has 0 spiro atoms. The zero-order valence-corrected chi connectivity index (χ0v) is 12.3. The number of benzene rings is 2. The molecule has 3 N–H and O–H groups in total. The van der Waals surface area contributed by atoms with Crippen molar-refractivity contribution in [2.75, 3.05) is 5.43 Å². The molecule has 0 saturated heterocycles. The number of rotatable bonds is 3. The van der Waals surface area contributed by atoms with Gasteiger partial charge in [-0.2, -0.15) is 0 Å². The second-order valence-corrected chi connectivity index (χ2v) is 5.33. The molecule has 0 aliphatic heterocycles. The van der Waals surface area contributed by atoms with Gasteiger partial charge in [-0.25, -0.2) is 0 Å². The highest BCUT2D eigenvalue weighted by molar-refractivity contribution is 7.99. The first-order valence-corrected chi connectivity index (χ1v) is 6.46. The van der Waals surface area contributed by atoms with Crippen LogP contribution in [0.3, 0.4) is 0 Å². The summed E-state index contributed by atoms with van der Waals surface area (Å²) in [6.45, 7) is 0. The van der Waals surface area contributed by atoms with Crippen LogP contribution in [0.5, 0.6) is 0 Å². The van der Waals surface area contributed by atoms with E-state index in [0.29, 0.717) is 5.02 Å². The molecule has 96 valence electrons. The smallest absolute Gasteiger partial charge is 0.0639 e. The molecule has 0 aromatic heterocycles. The molecule has 2 aromatic rings. The van der Waals surface area contributed by atoms with Gasteiger partial charge < -0.3 is 5.43 Å². The Kier molecular flexibility index (Phi) is 6.12. The van der Waals surface area contributed by atoms with Crippen molar-refractivity contribution in [1.82, 2.24) is 0 Å². The molecule has 0 aliphatic rings. The van der Waals surface area contributed by atoms with E-state index in [4.69, 9.17) is 29.0 Å². The summed E-state index contributed by atoms with van der Waals surface area (Å²) >= 11 is 13.3. The molecule has 0 saturated carbocycles. The number of hydrogen-bond donors (Lipinski definition) is 2. The Labute approximate surface area is 126 Å². The van der Waals surface area contributed by atoms with Gasteiger partial charge >= 0.3 is 0 Å². The van der Waals surface area contributed by atoms with Crippen LogP contribution in [0.25, 0.3) is 0 Å². The van der Waals surface area contributed by atoms with Crippen LogP contribution in [0.15, 0.2) is 52.3 Å². The normalized spacial score (nSPS) is 9.72. The molecule has 2 nitrogen and oxygen atoms in total. The summed E-state index contributed by atoms with van der Waals surface area (Å²) in [7, 11) is 0. The van der Waals surface area contributed by atoms with Gasteiger partial charge in [0.15, 0.2) is 0 Å². The van der Waals surface area contributed by atoms with E-state index in [2.05, 4.69) is 5.43 Å². The number of nitrogens with two attached hydrogens (primary N) is 1. The van der Waals surface area contributed by atoms with Crippen molar-refractivity contribution in [3.05, 3.63) is 52.5 Å². The van der Waals surface area contributed by atoms with Crippen LogP contribution in [0.1, 0.15) is 0 Å². The maximum absolute atomic E-state index is 5.90. The summed E-state index contributed by atoms with van der Waals surface area (Å²) in [5.41, 5.74) is 3.44. The molecule has 0 radical (unpaired) electrons. The minimum absolute atomic E-state index is 0. The lowest BCUT2D eigenvalue weighted by Crippen LogP contribution is -2.07. The Morgan fingerprint density at radius 2 is 1.56 bits per heavy atom. The fourth-order valence-electron chi connectivity index (χ4n) is 1.33. The molecule has 0 unspecified atom stereocenters. The van der Waals surface area contributed by atoms with E-state index in [1.54, 1.807) is 17.8 Å². The fraction of sp³-hybridized carbons (Fsp3) is 0. The molecular formula is C12H11Cl3N2S. The molecule has 0 amide bonds. The maximum Gasteiger partial charge on any atom is 0.0639 e. The maximum atomic E-state index is 5.90. The lowest BCUT2D eigenvalue weighted by molar-refractivity contribution is 1.28. The van der Waals surface area contributed by atoms with E-state index in [1.165, 1.54) is 0 Å². The minimum atomic E-state index is 0. The highest BCUT2D eigenvalue weighted by Gasteiger charge is 2.04. The lowest BCUT2D eigenvalue weighted by atomic mass is 10.3. The van der Waals surface area contributed by atoms with E-state index >= 15 is 0 Å². The fourth-order valence-corrected chi connectivity index (χ4v) is 2.52. The zero-order valence-electron chi connectivity index (χ0n) is 9.19. The van der Waals surface area contributed by atoms with Gasteiger partial charge in [-0.3, -0.25) is 5.84 Å². The van der Waals surface area contributed by atoms with Crippen molar-refractivity contribution in [3.63, 3.8) is 0 Å². The summed E-state index contributed by atoms with van der Waals surface area (Å²) < 4.78 is 0. The van der Waals surface area contributed by atoms with Gasteiger partial charge in [0, 0.05) is 19.8 Å². The summed E-state index contributed by atoms with van der Waals surface area (Å²) in [5.74, 6) is 5.45. The number of nitrogens with one attached hydrogen (secondary N) is 1. The van der Waals surface area contributed by atoms with Crippen molar-refractivity contribution >= 4 is 53.1 Å². The quantitative estimate of drug-likeness (QED) is 0.627. The monoisotopic (exact) mass is 320 g/mol. The number of hydrogen-bond acceptors (Lipinski definition) is 3. The Bertz CT molecular complexity index is 517. The first-order valence-electron chi connectivity index (χ1n) is 4.88. The molecule has 18 heavy (non-hydrogen) atoms. The number of anilines is 1. The predicted octanol–water partition coefficient (Wildman–Crippen LogP) is 4.85. The number of hydrazine groups is 1. The SMILES string of the molecule is Cl.NNc1cc(Cl)ccc1Sc1ccc(Cl)cc1. The van der Waals surface area contributed by atoms with E-state index in [0.717, 1.165) is 20.5 Å². The number of nitrogen functional groups attached to an aromatic ring is 1. The van der Waals surface area contributed by atoms with Gasteiger partial charge in [0.1, 0.15) is 0 Å². The molecule has 0 fully saturated rings.